The number of hydrogen-bond donors (Lipinski definition) is 1. The Hall–Kier alpha value is -3.89. The fourth-order valence-electron chi connectivity index (χ4n) is 5.52. The van der Waals surface area contributed by atoms with Gasteiger partial charge in [0.05, 0.1) is 27.4 Å². The number of H-pyrrole nitrogens is 1. The van der Waals surface area contributed by atoms with Gasteiger partial charge in [-0.1, -0.05) is 42.6 Å². The molecule has 10 nitrogen and oxygen atoms in total. The number of imidazole rings is 1. The van der Waals surface area contributed by atoms with Crippen molar-refractivity contribution in [2.75, 3.05) is 6.61 Å². The molecule has 0 bridgehead atoms. The van der Waals surface area contributed by atoms with Crippen LogP contribution in [0.4, 0.5) is 0 Å². The van der Waals surface area contributed by atoms with Crippen LogP contribution in [-0.2, 0) is 11.3 Å². The van der Waals surface area contributed by atoms with Gasteiger partial charge in [0.15, 0.2) is 6.10 Å². The Morgan fingerprint density at radius 2 is 2.02 bits per heavy atom. The molecule has 40 heavy (non-hydrogen) atoms. The molecule has 0 amide bonds. The zero-order chi connectivity index (χ0) is 27.6. The first kappa shape index (κ1) is 26.3. The third-order valence-electron chi connectivity index (χ3n) is 7.52. The maximum Gasteiger partial charge on any atom is 0.439 e. The van der Waals surface area contributed by atoms with Crippen LogP contribution < -0.4 is 5.76 Å². The summed E-state index contributed by atoms with van der Waals surface area (Å²) in [6, 6.07) is 9.43. The van der Waals surface area contributed by atoms with Gasteiger partial charge < -0.3 is 9.30 Å². The number of pyridine rings is 3. The zero-order valence-corrected chi connectivity index (χ0v) is 23.1. The van der Waals surface area contributed by atoms with Gasteiger partial charge in [0.2, 0.25) is 5.82 Å². The van der Waals surface area contributed by atoms with Crippen molar-refractivity contribution in [3.05, 3.63) is 76.0 Å². The summed E-state index contributed by atoms with van der Waals surface area (Å²) >= 11 is 6.38. The van der Waals surface area contributed by atoms with Crippen LogP contribution in [0.15, 0.2) is 58.2 Å². The van der Waals surface area contributed by atoms with E-state index in [1.807, 2.05) is 37.3 Å². The van der Waals surface area contributed by atoms with E-state index in [0.29, 0.717) is 34.5 Å². The summed E-state index contributed by atoms with van der Waals surface area (Å²) in [5.74, 6) is 1.52. The van der Waals surface area contributed by atoms with Crippen molar-refractivity contribution in [2.45, 2.75) is 52.2 Å². The second kappa shape index (κ2) is 11.3. The molecule has 0 spiro atoms. The maximum absolute atomic E-state index is 11.8. The van der Waals surface area contributed by atoms with Gasteiger partial charge >= 0.3 is 5.76 Å². The van der Waals surface area contributed by atoms with Crippen LogP contribution in [-0.4, -0.2) is 41.3 Å². The van der Waals surface area contributed by atoms with Gasteiger partial charge in [0, 0.05) is 37.3 Å². The lowest BCUT2D eigenvalue weighted by atomic mass is 9.83. The number of ether oxygens (including phenoxy) is 1. The van der Waals surface area contributed by atoms with Crippen LogP contribution in [0.2, 0.25) is 5.02 Å². The first-order valence-electron chi connectivity index (χ1n) is 13.6. The van der Waals surface area contributed by atoms with Gasteiger partial charge in [-0.05, 0) is 55.9 Å². The molecular weight excluding hydrogens is 530 g/mol. The molecule has 1 fully saturated rings. The summed E-state index contributed by atoms with van der Waals surface area (Å²) in [6.45, 7) is 5.54. The highest BCUT2D eigenvalue weighted by Gasteiger charge is 2.29. The van der Waals surface area contributed by atoms with Crippen LogP contribution in [0.25, 0.3) is 33.8 Å². The van der Waals surface area contributed by atoms with Crippen molar-refractivity contribution in [2.24, 2.45) is 11.8 Å². The van der Waals surface area contributed by atoms with Gasteiger partial charge in [-0.3, -0.25) is 19.5 Å². The molecule has 1 atom stereocenters. The van der Waals surface area contributed by atoms with Gasteiger partial charge in [0.25, 0.3) is 0 Å². The third kappa shape index (κ3) is 5.29. The standard InChI is InChI=1S/C29H30ClN7O3/c1-3-39-26(21-6-4-5-11-32-21)28-34-22-13-23(27-35-29(38)40-36-27)33-24(19-12-20(30)15-31-14-19)25(22)37(28)16-18-9-7-17(2)8-10-18/h4-6,11-15,17-18,26H,3,7-10,16H2,1-2H3,(H,35,36,38). The Kier molecular flexibility index (Phi) is 7.44. The Morgan fingerprint density at radius 3 is 2.73 bits per heavy atom. The molecular formula is C29H30ClN7O3. The van der Waals surface area contributed by atoms with E-state index < -0.39 is 11.9 Å². The minimum atomic E-state index is -0.660. The molecule has 1 saturated carbocycles. The zero-order valence-electron chi connectivity index (χ0n) is 22.4. The fourth-order valence-corrected chi connectivity index (χ4v) is 5.70. The molecule has 1 N–H and O–H groups in total. The highest BCUT2D eigenvalue weighted by Crippen LogP contribution is 2.37. The molecule has 0 saturated heterocycles. The maximum atomic E-state index is 11.8. The monoisotopic (exact) mass is 559 g/mol. The molecule has 5 aromatic rings. The molecule has 5 aromatic heterocycles. The minimum absolute atomic E-state index is 0.214. The topological polar surface area (TPSA) is 125 Å². The number of fused-ring (bicyclic) bond motifs is 1. The third-order valence-corrected chi connectivity index (χ3v) is 7.72. The van der Waals surface area contributed by atoms with Crippen molar-refractivity contribution in [3.8, 4) is 22.8 Å². The molecule has 0 aliphatic heterocycles. The highest BCUT2D eigenvalue weighted by molar-refractivity contribution is 6.30. The first-order valence-corrected chi connectivity index (χ1v) is 14.0. The summed E-state index contributed by atoms with van der Waals surface area (Å²) in [4.78, 5) is 33.4. The smallest absolute Gasteiger partial charge is 0.364 e. The number of halogens is 1. The quantitative estimate of drug-likeness (QED) is 0.251. The predicted octanol–water partition coefficient (Wildman–Crippen LogP) is 5.84. The van der Waals surface area contributed by atoms with Gasteiger partial charge in [-0.25, -0.2) is 14.8 Å². The summed E-state index contributed by atoms with van der Waals surface area (Å²) in [5, 5.41) is 4.36. The van der Waals surface area contributed by atoms with Crippen LogP contribution in [0.5, 0.6) is 0 Å². The van der Waals surface area contributed by atoms with E-state index in [2.05, 4.69) is 31.6 Å². The van der Waals surface area contributed by atoms with Crippen LogP contribution in [0.3, 0.4) is 0 Å². The van der Waals surface area contributed by atoms with E-state index in [0.717, 1.165) is 47.9 Å². The van der Waals surface area contributed by atoms with E-state index >= 15 is 0 Å². The molecule has 11 heteroatoms. The first-order chi connectivity index (χ1) is 19.5. The van der Waals surface area contributed by atoms with Crippen molar-refractivity contribution in [3.63, 3.8) is 0 Å². The number of aromatic amines is 1. The number of nitrogens with one attached hydrogen (secondary N) is 1. The average Bonchev–Trinajstić information content (AvgIpc) is 3.56. The second-order valence-corrected chi connectivity index (χ2v) is 10.8. The lowest BCUT2D eigenvalue weighted by Crippen LogP contribution is -2.21. The van der Waals surface area contributed by atoms with Crippen molar-refractivity contribution in [1.29, 1.82) is 0 Å². The lowest BCUT2D eigenvalue weighted by molar-refractivity contribution is 0.0787. The van der Waals surface area contributed by atoms with E-state index in [1.54, 1.807) is 18.6 Å². The van der Waals surface area contributed by atoms with Crippen molar-refractivity contribution in [1.82, 2.24) is 34.6 Å². The Bertz CT molecular complexity index is 1670. The number of nitrogens with zero attached hydrogens (tertiary/aromatic N) is 6. The molecule has 6 rings (SSSR count). The SMILES string of the molecule is CCOC(c1ccccn1)c1nc2cc(-c3noc(=O)[nH]3)nc(-c3cncc(Cl)c3)c2n1CC1CCC(C)CC1. The number of aromatic nitrogens is 7. The van der Waals surface area contributed by atoms with E-state index in [1.165, 1.54) is 12.8 Å². The summed E-state index contributed by atoms with van der Waals surface area (Å²) in [7, 11) is 0. The molecule has 1 aliphatic rings. The van der Waals surface area contributed by atoms with Gasteiger partial charge in [-0.15, -0.1) is 0 Å². The molecule has 1 unspecified atom stereocenters. The Balaban J connectivity index is 1.61. The lowest BCUT2D eigenvalue weighted by Gasteiger charge is -2.28. The normalized spacial score (nSPS) is 18.3. The van der Waals surface area contributed by atoms with Gasteiger partial charge in [0.1, 0.15) is 11.5 Å². The Morgan fingerprint density at radius 1 is 1.18 bits per heavy atom. The molecule has 5 heterocycles. The number of rotatable bonds is 8. The molecule has 1 aliphatic carbocycles. The molecule has 0 radical (unpaired) electrons. The van der Waals surface area contributed by atoms with E-state index in [9.17, 15) is 4.79 Å². The van der Waals surface area contributed by atoms with Gasteiger partial charge in [-0.2, -0.15) is 0 Å². The minimum Gasteiger partial charge on any atom is -0.364 e. The van der Waals surface area contributed by atoms with Crippen molar-refractivity contribution >= 4 is 22.6 Å². The predicted molar refractivity (Wildman–Crippen MR) is 151 cm³/mol. The van der Waals surface area contributed by atoms with Crippen LogP contribution in [0.1, 0.15) is 57.2 Å². The molecule has 206 valence electrons. The average molecular weight is 560 g/mol. The van der Waals surface area contributed by atoms with E-state index in [4.69, 9.17) is 30.8 Å². The summed E-state index contributed by atoms with van der Waals surface area (Å²) in [6.07, 6.45) is 9.28. The Labute approximate surface area is 235 Å². The fraction of sp³-hybridized carbons (Fsp3) is 0.379. The van der Waals surface area contributed by atoms with E-state index in [-0.39, 0.29) is 5.82 Å². The van der Waals surface area contributed by atoms with Crippen LogP contribution in [0, 0.1) is 11.8 Å². The summed E-state index contributed by atoms with van der Waals surface area (Å²) in [5.41, 5.74) is 4.07. The van der Waals surface area contributed by atoms with Crippen LogP contribution >= 0.6 is 11.6 Å². The largest absolute Gasteiger partial charge is 0.439 e. The second-order valence-electron chi connectivity index (χ2n) is 10.4. The summed E-state index contributed by atoms with van der Waals surface area (Å²) < 4.78 is 13.3. The van der Waals surface area contributed by atoms with Crippen molar-refractivity contribution < 1.29 is 9.26 Å². The molecule has 0 aromatic carbocycles. The highest BCUT2D eigenvalue weighted by atomic mass is 35.5. The number of hydrogen-bond acceptors (Lipinski definition) is 8.